The van der Waals surface area contributed by atoms with Crippen LogP contribution < -0.4 is 0 Å². The number of hydrogen-bond donors (Lipinski definition) is 0. The Morgan fingerprint density at radius 3 is 1.92 bits per heavy atom. The van der Waals surface area contributed by atoms with Crippen molar-refractivity contribution in [3.8, 4) is 0 Å². The maximum Gasteiger partial charge on any atom is 0.261 e. The van der Waals surface area contributed by atoms with Crippen LogP contribution in [-0.4, -0.2) is 41.8 Å². The van der Waals surface area contributed by atoms with Gasteiger partial charge < -0.3 is 4.90 Å². The lowest BCUT2D eigenvalue weighted by molar-refractivity contribution is 0.0648. The molecule has 0 atom stereocenters. The lowest BCUT2D eigenvalue weighted by Crippen LogP contribution is -2.32. The van der Waals surface area contributed by atoms with Crippen molar-refractivity contribution in [1.82, 2.24) is 9.80 Å². The number of nitrogens with zero attached hydrogens (tertiary/aromatic N) is 2. The van der Waals surface area contributed by atoms with Crippen LogP contribution in [0.3, 0.4) is 0 Å². The van der Waals surface area contributed by atoms with Gasteiger partial charge in [0.1, 0.15) is 0 Å². The van der Waals surface area contributed by atoms with Crippen LogP contribution in [0.2, 0.25) is 0 Å². The summed E-state index contributed by atoms with van der Waals surface area (Å²) in [4.78, 5) is 28.1. The topological polar surface area (TPSA) is 40.6 Å². The van der Waals surface area contributed by atoms with Crippen molar-refractivity contribution in [1.29, 1.82) is 0 Å². The summed E-state index contributed by atoms with van der Waals surface area (Å²) in [5.41, 5.74) is 2.31. The summed E-state index contributed by atoms with van der Waals surface area (Å²) in [6.07, 6.45) is 0.773. The summed E-state index contributed by atoms with van der Waals surface area (Å²) in [5, 5.41) is 0. The van der Waals surface area contributed by atoms with Gasteiger partial charge in [-0.2, -0.15) is 0 Å². The first kappa shape index (κ1) is 18.9. The highest BCUT2D eigenvalue weighted by Gasteiger charge is 2.34. The lowest BCUT2D eigenvalue weighted by Gasteiger charge is -2.19. The van der Waals surface area contributed by atoms with Gasteiger partial charge in [-0.3, -0.25) is 14.5 Å². The summed E-state index contributed by atoms with van der Waals surface area (Å²) in [6, 6.07) is 17.3. The highest BCUT2D eigenvalue weighted by atomic mass is 16.2. The lowest BCUT2D eigenvalue weighted by atomic mass is 10.1. The summed E-state index contributed by atoms with van der Waals surface area (Å²) >= 11 is 0. The van der Waals surface area contributed by atoms with E-state index >= 15 is 0 Å². The summed E-state index contributed by atoms with van der Waals surface area (Å²) in [5.74, 6) is -0.340. The maximum absolute atomic E-state index is 12.3. The maximum atomic E-state index is 12.3. The Kier molecular flexibility index (Phi) is 6.90. The van der Waals surface area contributed by atoms with E-state index < -0.39 is 0 Å². The standard InChI is InChI=1S/C19H20N2O2.C2H6/c1-20(14-15-8-3-2-4-9-15)12-7-13-21-18(22)16-10-5-6-11-17(16)19(21)23;1-2/h2-6,8-11H,7,12-14H2,1H3;1-2H3. The molecule has 1 aliphatic rings. The molecule has 2 amide bonds. The van der Waals surface area contributed by atoms with Gasteiger partial charge in [-0.25, -0.2) is 0 Å². The Balaban J connectivity index is 0.00000109. The van der Waals surface area contributed by atoms with Crippen molar-refractivity contribution in [3.05, 3.63) is 71.3 Å². The monoisotopic (exact) mass is 338 g/mol. The molecule has 0 saturated carbocycles. The number of benzene rings is 2. The molecule has 0 radical (unpaired) electrons. The predicted octanol–water partition coefficient (Wildman–Crippen LogP) is 3.83. The summed E-state index contributed by atoms with van der Waals surface area (Å²) in [6.45, 7) is 6.16. The molecule has 0 N–H and O–H groups in total. The third-order valence-electron chi connectivity index (χ3n) is 4.10. The molecule has 0 aromatic heterocycles. The Labute approximate surface area is 150 Å². The molecule has 3 rings (SSSR count). The molecule has 2 aromatic rings. The Hall–Kier alpha value is -2.46. The zero-order valence-electron chi connectivity index (χ0n) is 15.2. The third-order valence-corrected chi connectivity index (χ3v) is 4.10. The molecule has 0 aliphatic carbocycles. The quantitative estimate of drug-likeness (QED) is 0.752. The van der Waals surface area contributed by atoms with Crippen molar-refractivity contribution in [2.45, 2.75) is 26.8 Å². The largest absolute Gasteiger partial charge is 0.302 e. The number of amides is 2. The van der Waals surface area contributed by atoms with E-state index in [0.717, 1.165) is 19.5 Å². The molecule has 1 heterocycles. The van der Waals surface area contributed by atoms with Gasteiger partial charge in [0, 0.05) is 13.1 Å². The van der Waals surface area contributed by atoms with Crippen molar-refractivity contribution in [2.75, 3.05) is 20.1 Å². The van der Waals surface area contributed by atoms with Crippen molar-refractivity contribution >= 4 is 11.8 Å². The SMILES string of the molecule is CC.CN(CCCN1C(=O)c2ccccc2C1=O)Cc1ccccc1. The third kappa shape index (κ3) is 4.54. The second kappa shape index (κ2) is 9.14. The molecule has 0 bridgehead atoms. The molecular weight excluding hydrogens is 312 g/mol. The molecule has 0 unspecified atom stereocenters. The second-order valence-corrected chi connectivity index (χ2v) is 5.88. The zero-order valence-corrected chi connectivity index (χ0v) is 15.2. The Morgan fingerprint density at radius 1 is 0.840 bits per heavy atom. The zero-order chi connectivity index (χ0) is 18.2. The van der Waals surface area contributed by atoms with Crippen LogP contribution in [0.4, 0.5) is 0 Å². The summed E-state index contributed by atoms with van der Waals surface area (Å²) < 4.78 is 0. The molecule has 1 aliphatic heterocycles. The molecule has 0 saturated heterocycles. The van der Waals surface area contributed by atoms with Gasteiger partial charge >= 0.3 is 0 Å². The van der Waals surface area contributed by atoms with E-state index in [1.54, 1.807) is 24.3 Å². The van der Waals surface area contributed by atoms with Crippen molar-refractivity contribution < 1.29 is 9.59 Å². The minimum absolute atomic E-state index is 0.170. The van der Waals surface area contributed by atoms with E-state index in [0.29, 0.717) is 17.7 Å². The van der Waals surface area contributed by atoms with E-state index in [1.807, 2.05) is 32.0 Å². The van der Waals surface area contributed by atoms with Crippen LogP contribution in [-0.2, 0) is 6.54 Å². The molecule has 132 valence electrons. The normalized spacial score (nSPS) is 12.9. The van der Waals surface area contributed by atoms with Gasteiger partial charge in [0.25, 0.3) is 11.8 Å². The number of imide groups is 1. The van der Waals surface area contributed by atoms with E-state index in [1.165, 1.54) is 10.5 Å². The average molecular weight is 338 g/mol. The number of rotatable bonds is 6. The smallest absolute Gasteiger partial charge is 0.261 e. The van der Waals surface area contributed by atoms with Crippen LogP contribution in [0.25, 0.3) is 0 Å². The van der Waals surface area contributed by atoms with Gasteiger partial charge in [-0.05, 0) is 37.7 Å². The van der Waals surface area contributed by atoms with E-state index in [9.17, 15) is 9.59 Å². The number of hydrogen-bond acceptors (Lipinski definition) is 3. The molecule has 0 spiro atoms. The fourth-order valence-electron chi connectivity index (χ4n) is 2.92. The molecule has 2 aromatic carbocycles. The molecular formula is C21H26N2O2. The van der Waals surface area contributed by atoms with Crippen molar-refractivity contribution in [2.24, 2.45) is 0 Å². The fraction of sp³-hybridized carbons (Fsp3) is 0.333. The Bertz CT molecular complexity index is 678. The van der Waals surface area contributed by atoms with E-state index in [2.05, 4.69) is 24.1 Å². The molecule has 4 nitrogen and oxygen atoms in total. The van der Waals surface area contributed by atoms with Crippen molar-refractivity contribution in [3.63, 3.8) is 0 Å². The first-order valence-corrected chi connectivity index (χ1v) is 8.84. The van der Waals surface area contributed by atoms with E-state index in [-0.39, 0.29) is 11.8 Å². The van der Waals surface area contributed by atoms with Gasteiger partial charge in [-0.1, -0.05) is 56.3 Å². The molecule has 0 fully saturated rings. The van der Waals surface area contributed by atoms with E-state index in [4.69, 9.17) is 0 Å². The number of carbonyl (C=O) groups excluding carboxylic acids is 2. The highest BCUT2D eigenvalue weighted by molar-refractivity contribution is 6.21. The van der Waals surface area contributed by atoms with Crippen LogP contribution in [0.5, 0.6) is 0 Å². The Morgan fingerprint density at radius 2 is 1.36 bits per heavy atom. The van der Waals surface area contributed by atoms with Crippen LogP contribution in [0.15, 0.2) is 54.6 Å². The van der Waals surface area contributed by atoms with Gasteiger partial charge in [-0.15, -0.1) is 0 Å². The predicted molar refractivity (Wildman–Crippen MR) is 101 cm³/mol. The minimum atomic E-state index is -0.170. The first-order chi connectivity index (χ1) is 12.2. The van der Waals surface area contributed by atoms with Crippen LogP contribution >= 0.6 is 0 Å². The summed E-state index contributed by atoms with van der Waals surface area (Å²) in [7, 11) is 2.05. The number of carbonyl (C=O) groups is 2. The molecule has 25 heavy (non-hydrogen) atoms. The van der Waals surface area contributed by atoms with Crippen LogP contribution in [0, 0.1) is 0 Å². The molecule has 4 heteroatoms. The fourth-order valence-corrected chi connectivity index (χ4v) is 2.92. The van der Waals surface area contributed by atoms with Gasteiger partial charge in [0.05, 0.1) is 11.1 Å². The minimum Gasteiger partial charge on any atom is -0.302 e. The average Bonchev–Trinajstić information content (AvgIpc) is 2.89. The second-order valence-electron chi connectivity index (χ2n) is 5.88. The van der Waals surface area contributed by atoms with Gasteiger partial charge in [0.2, 0.25) is 0 Å². The van der Waals surface area contributed by atoms with Crippen LogP contribution in [0.1, 0.15) is 46.5 Å². The number of fused-ring (bicyclic) bond motifs is 1. The first-order valence-electron chi connectivity index (χ1n) is 8.84. The van der Waals surface area contributed by atoms with Gasteiger partial charge in [0.15, 0.2) is 0 Å². The highest BCUT2D eigenvalue weighted by Crippen LogP contribution is 2.22.